The van der Waals surface area contributed by atoms with E-state index in [4.69, 9.17) is 9.15 Å². The lowest BCUT2D eigenvalue weighted by molar-refractivity contribution is 0.101. The lowest BCUT2D eigenvalue weighted by Gasteiger charge is -2.10. The maximum atomic E-state index is 11.5. The summed E-state index contributed by atoms with van der Waals surface area (Å²) in [6.45, 7) is 3.18. The first kappa shape index (κ1) is 10.5. The predicted molar refractivity (Wildman–Crippen MR) is 59.2 cm³/mol. The number of aryl methyl sites for hydroxylation is 1. The molecule has 0 aliphatic heterocycles. The summed E-state index contributed by atoms with van der Waals surface area (Å²) in [6.07, 6.45) is 1.50. The van der Waals surface area contributed by atoms with Crippen molar-refractivity contribution < 1.29 is 19.1 Å². The van der Waals surface area contributed by atoms with Crippen LogP contribution < -0.4 is 4.74 Å². The first-order valence-electron chi connectivity index (χ1n) is 4.85. The zero-order chi connectivity index (χ0) is 11.9. The Hall–Kier alpha value is -1.97. The number of ketones is 1. The number of hydrogen-bond donors (Lipinski definition) is 1. The minimum absolute atomic E-state index is 0.157. The van der Waals surface area contributed by atoms with Crippen LogP contribution in [0.4, 0.5) is 0 Å². The minimum atomic E-state index is -0.198. The summed E-state index contributed by atoms with van der Waals surface area (Å²) in [6, 6.07) is 1.75. The fourth-order valence-corrected chi connectivity index (χ4v) is 1.93. The number of aromatic hydroxyl groups is 1. The summed E-state index contributed by atoms with van der Waals surface area (Å²) in [5.41, 5.74) is 1.45. The van der Waals surface area contributed by atoms with Crippen LogP contribution in [-0.4, -0.2) is 18.0 Å². The highest BCUT2D eigenvalue weighted by Crippen LogP contribution is 2.41. The van der Waals surface area contributed by atoms with E-state index in [1.807, 2.05) is 0 Å². The molecule has 1 aromatic carbocycles. The molecule has 84 valence electrons. The predicted octanol–water partition coefficient (Wildman–Crippen LogP) is 2.66. The Balaban J connectivity index is 2.96. The minimum Gasteiger partial charge on any atom is -0.504 e. The second-order valence-electron chi connectivity index (χ2n) is 3.60. The van der Waals surface area contributed by atoms with Crippen LogP contribution in [0.5, 0.6) is 11.5 Å². The zero-order valence-corrected chi connectivity index (χ0v) is 9.33. The summed E-state index contributed by atoms with van der Waals surface area (Å²) in [5, 5.41) is 10.7. The molecule has 0 radical (unpaired) electrons. The third-order valence-electron chi connectivity index (χ3n) is 2.66. The van der Waals surface area contributed by atoms with Crippen molar-refractivity contribution in [3.05, 3.63) is 23.5 Å². The van der Waals surface area contributed by atoms with Gasteiger partial charge < -0.3 is 14.3 Å². The number of furan rings is 1. The van der Waals surface area contributed by atoms with Crippen molar-refractivity contribution in [3.8, 4) is 11.5 Å². The maximum absolute atomic E-state index is 11.5. The standard InChI is InChI=1S/C12H12O4/c1-6-8-4-5-16-11(8)12(15-3)10(14)9(6)7(2)13/h4-5,14H,1-3H3. The molecule has 1 aromatic heterocycles. The smallest absolute Gasteiger partial charge is 0.205 e. The molecule has 16 heavy (non-hydrogen) atoms. The molecular weight excluding hydrogens is 208 g/mol. The number of phenols is 1. The van der Waals surface area contributed by atoms with Gasteiger partial charge in [0.2, 0.25) is 5.75 Å². The normalized spacial score (nSPS) is 10.7. The molecule has 0 saturated heterocycles. The van der Waals surface area contributed by atoms with E-state index < -0.39 is 0 Å². The number of carbonyl (C=O) groups excluding carboxylic acids is 1. The molecule has 4 nitrogen and oxygen atoms in total. The fraction of sp³-hybridized carbons (Fsp3) is 0.250. The molecule has 0 fully saturated rings. The van der Waals surface area contributed by atoms with Crippen molar-refractivity contribution in [3.63, 3.8) is 0 Å². The molecule has 0 bridgehead atoms. The number of benzene rings is 1. The topological polar surface area (TPSA) is 59.7 Å². The molecule has 2 rings (SSSR count). The van der Waals surface area contributed by atoms with Gasteiger partial charge in [0.05, 0.1) is 18.9 Å². The molecule has 0 atom stereocenters. The second-order valence-corrected chi connectivity index (χ2v) is 3.60. The van der Waals surface area contributed by atoms with E-state index in [0.29, 0.717) is 11.1 Å². The van der Waals surface area contributed by atoms with Crippen LogP contribution in [0.25, 0.3) is 11.0 Å². The number of hydrogen-bond acceptors (Lipinski definition) is 4. The highest BCUT2D eigenvalue weighted by atomic mass is 16.5. The highest BCUT2D eigenvalue weighted by molar-refractivity contribution is 6.05. The van der Waals surface area contributed by atoms with Crippen LogP contribution in [0.2, 0.25) is 0 Å². The molecule has 1 heterocycles. The number of fused-ring (bicyclic) bond motifs is 1. The van der Waals surface area contributed by atoms with Crippen molar-refractivity contribution in [1.82, 2.24) is 0 Å². The lowest BCUT2D eigenvalue weighted by atomic mass is 10.00. The molecule has 0 aliphatic carbocycles. The van der Waals surface area contributed by atoms with Crippen LogP contribution in [0, 0.1) is 6.92 Å². The van der Waals surface area contributed by atoms with Crippen molar-refractivity contribution in [2.24, 2.45) is 0 Å². The number of phenolic OH excluding ortho intramolecular Hbond substituents is 1. The quantitative estimate of drug-likeness (QED) is 0.790. The van der Waals surface area contributed by atoms with E-state index in [1.54, 1.807) is 13.0 Å². The molecular formula is C12H12O4. The van der Waals surface area contributed by atoms with Gasteiger partial charge in [-0.2, -0.15) is 0 Å². The van der Waals surface area contributed by atoms with Crippen molar-refractivity contribution in [2.45, 2.75) is 13.8 Å². The van der Waals surface area contributed by atoms with Gasteiger partial charge in [0, 0.05) is 5.39 Å². The van der Waals surface area contributed by atoms with Crippen molar-refractivity contribution in [2.75, 3.05) is 7.11 Å². The Bertz CT molecular complexity index is 566. The highest BCUT2D eigenvalue weighted by Gasteiger charge is 2.21. The zero-order valence-electron chi connectivity index (χ0n) is 9.33. The van der Waals surface area contributed by atoms with Crippen LogP contribution >= 0.6 is 0 Å². The van der Waals surface area contributed by atoms with E-state index in [2.05, 4.69) is 0 Å². The lowest BCUT2D eigenvalue weighted by Crippen LogP contribution is -1.99. The van der Waals surface area contributed by atoms with Gasteiger partial charge in [-0.1, -0.05) is 0 Å². The summed E-state index contributed by atoms with van der Waals surface area (Å²) in [7, 11) is 1.43. The third kappa shape index (κ3) is 1.26. The number of rotatable bonds is 2. The van der Waals surface area contributed by atoms with Gasteiger partial charge in [0.15, 0.2) is 17.1 Å². The summed E-state index contributed by atoms with van der Waals surface area (Å²) in [4.78, 5) is 11.5. The van der Waals surface area contributed by atoms with Crippen LogP contribution in [-0.2, 0) is 0 Å². The molecule has 1 N–H and O–H groups in total. The Morgan fingerprint density at radius 3 is 2.75 bits per heavy atom. The summed E-state index contributed by atoms with van der Waals surface area (Å²) in [5.74, 6) is -0.151. The Morgan fingerprint density at radius 2 is 2.19 bits per heavy atom. The van der Waals surface area contributed by atoms with Gasteiger partial charge in [-0.05, 0) is 25.5 Å². The van der Waals surface area contributed by atoms with E-state index in [0.717, 1.165) is 5.39 Å². The van der Waals surface area contributed by atoms with Gasteiger partial charge in [-0.15, -0.1) is 0 Å². The summed E-state index contributed by atoms with van der Waals surface area (Å²) >= 11 is 0. The molecule has 4 heteroatoms. The Kier molecular flexibility index (Phi) is 2.34. The SMILES string of the molecule is COc1c(O)c(C(C)=O)c(C)c2ccoc12. The van der Waals surface area contributed by atoms with Crippen LogP contribution in [0.3, 0.4) is 0 Å². The molecule has 0 unspecified atom stereocenters. The maximum Gasteiger partial charge on any atom is 0.205 e. The fourth-order valence-electron chi connectivity index (χ4n) is 1.93. The second kappa shape index (κ2) is 3.56. The first-order valence-corrected chi connectivity index (χ1v) is 4.85. The Morgan fingerprint density at radius 1 is 1.50 bits per heavy atom. The number of methoxy groups -OCH3 is 1. The first-order chi connectivity index (χ1) is 7.57. The van der Waals surface area contributed by atoms with E-state index in [-0.39, 0.29) is 22.8 Å². The van der Waals surface area contributed by atoms with Crippen LogP contribution in [0.15, 0.2) is 16.7 Å². The molecule has 0 aliphatic rings. The van der Waals surface area contributed by atoms with E-state index in [9.17, 15) is 9.90 Å². The van der Waals surface area contributed by atoms with E-state index >= 15 is 0 Å². The molecule has 0 spiro atoms. The number of Topliss-reactive ketones (excluding diaryl/α,β-unsaturated/α-hetero) is 1. The van der Waals surface area contributed by atoms with Gasteiger partial charge >= 0.3 is 0 Å². The molecule has 0 saturated carbocycles. The summed E-state index contributed by atoms with van der Waals surface area (Å²) < 4.78 is 10.3. The number of ether oxygens (including phenoxy) is 1. The average molecular weight is 220 g/mol. The van der Waals surface area contributed by atoms with Crippen molar-refractivity contribution in [1.29, 1.82) is 0 Å². The molecule has 2 aromatic rings. The third-order valence-corrected chi connectivity index (χ3v) is 2.66. The van der Waals surface area contributed by atoms with Gasteiger partial charge in [0.1, 0.15) is 0 Å². The van der Waals surface area contributed by atoms with Crippen LogP contribution in [0.1, 0.15) is 22.8 Å². The largest absolute Gasteiger partial charge is 0.504 e. The molecule has 0 amide bonds. The van der Waals surface area contributed by atoms with Gasteiger partial charge in [0.25, 0.3) is 0 Å². The average Bonchev–Trinajstić information content (AvgIpc) is 2.66. The van der Waals surface area contributed by atoms with Gasteiger partial charge in [-0.25, -0.2) is 0 Å². The number of carbonyl (C=O) groups is 1. The monoisotopic (exact) mass is 220 g/mol. The van der Waals surface area contributed by atoms with Gasteiger partial charge in [-0.3, -0.25) is 4.79 Å². The van der Waals surface area contributed by atoms with E-state index in [1.165, 1.54) is 20.3 Å². The van der Waals surface area contributed by atoms with Crippen molar-refractivity contribution >= 4 is 16.8 Å². The Labute approximate surface area is 92.4 Å².